The Morgan fingerprint density at radius 3 is 2.31 bits per heavy atom. The van der Waals surface area contributed by atoms with E-state index in [1.54, 1.807) is 0 Å². The normalized spacial score (nSPS) is 15.4. The highest BCUT2D eigenvalue weighted by Crippen LogP contribution is 2.28. The van der Waals surface area contributed by atoms with Crippen molar-refractivity contribution in [1.82, 2.24) is 0 Å². The van der Waals surface area contributed by atoms with Crippen molar-refractivity contribution < 1.29 is 0 Å². The molecule has 0 aliphatic carbocycles. The molecule has 0 aliphatic heterocycles. The van der Waals surface area contributed by atoms with Gasteiger partial charge in [0, 0.05) is 0 Å². The molecule has 0 nitrogen and oxygen atoms in total. The molecular formula is C13H20. The molecule has 0 saturated carbocycles. The van der Waals surface area contributed by atoms with Crippen LogP contribution in [0.25, 0.3) is 0 Å². The van der Waals surface area contributed by atoms with Crippen LogP contribution in [0.15, 0.2) is 24.3 Å². The molecular weight excluding hydrogens is 156 g/mol. The van der Waals surface area contributed by atoms with E-state index in [1.807, 2.05) is 0 Å². The fourth-order valence-electron chi connectivity index (χ4n) is 1.76. The number of hydrogen-bond donors (Lipinski definition) is 0. The van der Waals surface area contributed by atoms with E-state index < -0.39 is 0 Å². The monoisotopic (exact) mass is 176 g/mol. The first-order valence-electron chi connectivity index (χ1n) is 5.22. The average molecular weight is 176 g/mol. The highest BCUT2D eigenvalue weighted by molar-refractivity contribution is 5.28. The lowest BCUT2D eigenvalue weighted by Crippen LogP contribution is -2.06. The van der Waals surface area contributed by atoms with Crippen LogP contribution in [0.4, 0.5) is 0 Å². The molecule has 1 aromatic rings. The van der Waals surface area contributed by atoms with E-state index >= 15 is 0 Å². The molecule has 2 atom stereocenters. The van der Waals surface area contributed by atoms with Crippen molar-refractivity contribution in [3.63, 3.8) is 0 Å². The van der Waals surface area contributed by atoms with E-state index in [-0.39, 0.29) is 0 Å². The van der Waals surface area contributed by atoms with Crippen molar-refractivity contribution in [2.75, 3.05) is 0 Å². The summed E-state index contributed by atoms with van der Waals surface area (Å²) < 4.78 is 0. The molecule has 0 saturated heterocycles. The summed E-state index contributed by atoms with van der Waals surface area (Å²) in [7, 11) is 0. The van der Waals surface area contributed by atoms with Gasteiger partial charge in [-0.1, -0.05) is 51.5 Å². The van der Waals surface area contributed by atoms with Gasteiger partial charge < -0.3 is 0 Å². The number of hydrogen-bond acceptors (Lipinski definition) is 0. The number of aryl methyl sites for hydroxylation is 1. The minimum absolute atomic E-state index is 0.686. The van der Waals surface area contributed by atoms with Gasteiger partial charge in [0.25, 0.3) is 0 Å². The molecule has 13 heavy (non-hydrogen) atoms. The van der Waals surface area contributed by atoms with E-state index in [0.29, 0.717) is 5.92 Å². The van der Waals surface area contributed by atoms with Crippen LogP contribution < -0.4 is 0 Å². The Morgan fingerprint density at radius 2 is 1.77 bits per heavy atom. The Kier molecular flexibility index (Phi) is 3.53. The minimum Gasteiger partial charge on any atom is -0.0651 e. The van der Waals surface area contributed by atoms with Gasteiger partial charge in [-0.3, -0.25) is 0 Å². The molecule has 0 aliphatic rings. The summed E-state index contributed by atoms with van der Waals surface area (Å²) in [6.07, 6.45) is 1.26. The standard InChI is InChI=1S/C13H20/c1-5-10(2)12(4)13-9-7-6-8-11(13)3/h6-10,12H,5H2,1-4H3. The third kappa shape index (κ3) is 2.33. The maximum absolute atomic E-state index is 2.33. The second-order valence-electron chi connectivity index (χ2n) is 4.03. The quantitative estimate of drug-likeness (QED) is 0.649. The maximum Gasteiger partial charge on any atom is -0.0162 e. The van der Waals surface area contributed by atoms with Gasteiger partial charge in [-0.2, -0.15) is 0 Å². The van der Waals surface area contributed by atoms with Crippen LogP contribution in [0.5, 0.6) is 0 Å². The second-order valence-corrected chi connectivity index (χ2v) is 4.03. The second kappa shape index (κ2) is 4.45. The summed E-state index contributed by atoms with van der Waals surface area (Å²) in [5, 5.41) is 0. The molecule has 0 amide bonds. The topological polar surface area (TPSA) is 0 Å². The number of rotatable bonds is 3. The van der Waals surface area contributed by atoms with Crippen molar-refractivity contribution in [2.24, 2.45) is 5.92 Å². The zero-order valence-electron chi connectivity index (χ0n) is 9.17. The lowest BCUT2D eigenvalue weighted by atomic mass is 9.85. The molecule has 0 bridgehead atoms. The Bertz CT molecular complexity index is 262. The van der Waals surface area contributed by atoms with Crippen molar-refractivity contribution in [1.29, 1.82) is 0 Å². The van der Waals surface area contributed by atoms with E-state index in [4.69, 9.17) is 0 Å². The first-order valence-corrected chi connectivity index (χ1v) is 5.22. The molecule has 0 spiro atoms. The SMILES string of the molecule is CCC(C)C(C)c1ccccc1C. The third-order valence-corrected chi connectivity index (χ3v) is 3.18. The largest absolute Gasteiger partial charge is 0.0651 e. The van der Waals surface area contributed by atoms with Gasteiger partial charge in [-0.05, 0) is 29.9 Å². The molecule has 0 radical (unpaired) electrons. The molecule has 72 valence electrons. The first kappa shape index (κ1) is 10.3. The maximum atomic E-state index is 2.33. The van der Waals surface area contributed by atoms with E-state index in [0.717, 1.165) is 5.92 Å². The zero-order valence-corrected chi connectivity index (χ0v) is 9.17. The van der Waals surface area contributed by atoms with Gasteiger partial charge in [0.05, 0.1) is 0 Å². The van der Waals surface area contributed by atoms with Crippen LogP contribution in [-0.2, 0) is 0 Å². The Labute approximate surface area is 82.0 Å². The summed E-state index contributed by atoms with van der Waals surface area (Å²) in [6.45, 7) is 9.13. The summed E-state index contributed by atoms with van der Waals surface area (Å²) in [5.74, 6) is 1.47. The van der Waals surface area contributed by atoms with Gasteiger partial charge in [0.2, 0.25) is 0 Å². The van der Waals surface area contributed by atoms with Crippen LogP contribution in [0.1, 0.15) is 44.2 Å². The summed E-state index contributed by atoms with van der Waals surface area (Å²) >= 11 is 0. The van der Waals surface area contributed by atoms with Crippen molar-refractivity contribution in [2.45, 2.75) is 40.0 Å². The van der Waals surface area contributed by atoms with E-state index in [9.17, 15) is 0 Å². The lowest BCUT2D eigenvalue weighted by Gasteiger charge is -2.20. The average Bonchev–Trinajstić information content (AvgIpc) is 2.16. The van der Waals surface area contributed by atoms with Crippen LogP contribution in [0, 0.1) is 12.8 Å². The van der Waals surface area contributed by atoms with Crippen LogP contribution in [0.2, 0.25) is 0 Å². The van der Waals surface area contributed by atoms with Gasteiger partial charge >= 0.3 is 0 Å². The van der Waals surface area contributed by atoms with Gasteiger partial charge in [-0.15, -0.1) is 0 Å². The van der Waals surface area contributed by atoms with Crippen molar-refractivity contribution in [3.8, 4) is 0 Å². The van der Waals surface area contributed by atoms with Crippen molar-refractivity contribution >= 4 is 0 Å². The van der Waals surface area contributed by atoms with Crippen LogP contribution >= 0.6 is 0 Å². The third-order valence-electron chi connectivity index (χ3n) is 3.18. The van der Waals surface area contributed by atoms with E-state index in [2.05, 4.69) is 52.0 Å². The predicted octanol–water partition coefficient (Wildman–Crippen LogP) is 4.14. The number of benzene rings is 1. The molecule has 0 N–H and O–H groups in total. The fraction of sp³-hybridized carbons (Fsp3) is 0.538. The Balaban J connectivity index is 2.88. The fourth-order valence-corrected chi connectivity index (χ4v) is 1.76. The van der Waals surface area contributed by atoms with Crippen LogP contribution in [-0.4, -0.2) is 0 Å². The molecule has 0 fully saturated rings. The molecule has 0 heteroatoms. The van der Waals surface area contributed by atoms with Crippen molar-refractivity contribution in [3.05, 3.63) is 35.4 Å². The van der Waals surface area contributed by atoms with Crippen LogP contribution in [0.3, 0.4) is 0 Å². The highest BCUT2D eigenvalue weighted by Gasteiger charge is 2.13. The lowest BCUT2D eigenvalue weighted by molar-refractivity contribution is 0.472. The van der Waals surface area contributed by atoms with Gasteiger partial charge in [-0.25, -0.2) is 0 Å². The Morgan fingerprint density at radius 1 is 1.15 bits per heavy atom. The molecule has 0 aromatic heterocycles. The molecule has 0 heterocycles. The van der Waals surface area contributed by atoms with Gasteiger partial charge in [0.15, 0.2) is 0 Å². The molecule has 1 aromatic carbocycles. The minimum atomic E-state index is 0.686. The van der Waals surface area contributed by atoms with E-state index in [1.165, 1.54) is 17.5 Å². The smallest absolute Gasteiger partial charge is 0.0162 e. The summed E-state index contributed by atoms with van der Waals surface area (Å²) in [4.78, 5) is 0. The predicted molar refractivity (Wildman–Crippen MR) is 59.0 cm³/mol. The van der Waals surface area contributed by atoms with Gasteiger partial charge in [0.1, 0.15) is 0 Å². The zero-order chi connectivity index (χ0) is 9.84. The summed E-state index contributed by atoms with van der Waals surface area (Å²) in [6, 6.07) is 8.71. The summed E-state index contributed by atoms with van der Waals surface area (Å²) in [5.41, 5.74) is 2.94. The first-order chi connectivity index (χ1) is 6.16. The highest BCUT2D eigenvalue weighted by atomic mass is 14.2. The molecule has 2 unspecified atom stereocenters. The Hall–Kier alpha value is -0.780. The molecule has 1 rings (SSSR count).